The Morgan fingerprint density at radius 2 is 1.33 bits per heavy atom. The summed E-state index contributed by atoms with van der Waals surface area (Å²) in [5.74, 6) is -0.0148. The number of likely N-dealkylation sites (N-methyl/N-ethyl adjacent to an activating group) is 1. The van der Waals surface area contributed by atoms with Gasteiger partial charge in [-0.2, -0.15) is 0 Å². The molecule has 0 amide bonds. The summed E-state index contributed by atoms with van der Waals surface area (Å²) in [7, 11) is 4.48. The molecule has 144 valence electrons. The molecule has 0 aliphatic heterocycles. The number of ether oxygens (including phenoxy) is 1. The van der Waals surface area contributed by atoms with Gasteiger partial charge in [-0.3, -0.25) is 4.79 Å². The van der Waals surface area contributed by atoms with Crippen molar-refractivity contribution in [3.05, 3.63) is 0 Å². The van der Waals surface area contributed by atoms with Gasteiger partial charge in [0.05, 0.1) is 26.6 Å². The number of hydrogen-bond donors (Lipinski definition) is 0. The molecule has 0 fully saturated rings. The van der Waals surface area contributed by atoms with Gasteiger partial charge in [0, 0.05) is 0 Å². The highest BCUT2D eigenvalue weighted by Gasteiger charge is 2.17. The lowest BCUT2D eigenvalue weighted by Gasteiger charge is -2.29. The fourth-order valence-electron chi connectivity index (χ4n) is 2.84. The zero-order valence-electron chi connectivity index (χ0n) is 17.2. The molecular weight excluding hydrogens is 298 g/mol. The minimum atomic E-state index is -0.0450. The average Bonchev–Trinajstić information content (AvgIpc) is 2.55. The summed E-state index contributed by atoms with van der Waals surface area (Å²) in [6.07, 6.45) is 14.7. The fraction of sp³-hybridized carbons (Fsp3) is 0.952. The second kappa shape index (κ2) is 14.7. The molecule has 3 nitrogen and oxygen atoms in total. The van der Waals surface area contributed by atoms with Crippen molar-refractivity contribution >= 4 is 5.97 Å². The molecule has 0 aromatic rings. The lowest BCUT2D eigenvalue weighted by Crippen LogP contribution is -2.43. The minimum Gasteiger partial charge on any atom is -0.459 e. The van der Waals surface area contributed by atoms with E-state index >= 15 is 0 Å². The number of rotatable bonds is 16. The Morgan fingerprint density at radius 3 is 1.83 bits per heavy atom. The number of unbranched alkanes of at least 4 members (excludes halogenated alkanes) is 9. The van der Waals surface area contributed by atoms with Crippen molar-refractivity contribution in [2.75, 3.05) is 33.8 Å². The van der Waals surface area contributed by atoms with Crippen LogP contribution in [0.15, 0.2) is 0 Å². The predicted octanol–water partition coefficient (Wildman–Crippen LogP) is 5.57. The summed E-state index contributed by atoms with van der Waals surface area (Å²) in [5, 5.41) is 0. The molecule has 0 aliphatic carbocycles. The Balaban J connectivity index is 3.52. The molecule has 0 aromatic carbocycles. The van der Waals surface area contributed by atoms with Crippen molar-refractivity contribution in [2.45, 2.75) is 91.4 Å². The summed E-state index contributed by atoms with van der Waals surface area (Å²) in [6, 6.07) is 0. The van der Waals surface area contributed by atoms with Gasteiger partial charge in [-0.15, -0.1) is 0 Å². The third-order valence-electron chi connectivity index (χ3n) is 5.07. The number of carbonyl (C=O) groups is 1. The second-order valence-electron chi connectivity index (χ2n) is 8.04. The quantitative estimate of drug-likeness (QED) is 0.208. The summed E-state index contributed by atoms with van der Waals surface area (Å²) in [5.41, 5.74) is 0. The molecule has 3 heteroatoms. The molecule has 0 bridgehead atoms. The number of esters is 1. The van der Waals surface area contributed by atoms with Crippen LogP contribution in [0.1, 0.15) is 91.4 Å². The maximum absolute atomic E-state index is 11.7. The molecule has 0 aromatic heterocycles. The molecule has 0 saturated carbocycles. The van der Waals surface area contributed by atoms with Crippen LogP contribution in [0, 0.1) is 5.92 Å². The van der Waals surface area contributed by atoms with E-state index in [9.17, 15) is 4.79 Å². The Hall–Kier alpha value is -0.570. The van der Waals surface area contributed by atoms with Crippen molar-refractivity contribution in [3.63, 3.8) is 0 Å². The number of carbonyl (C=O) groups excluding carboxylic acids is 1. The van der Waals surface area contributed by atoms with Gasteiger partial charge in [0.15, 0.2) is 0 Å². The first-order chi connectivity index (χ1) is 11.4. The molecule has 0 radical (unpaired) electrons. The smallest absolute Gasteiger partial charge is 0.308 e. The summed E-state index contributed by atoms with van der Waals surface area (Å²) >= 11 is 0. The minimum absolute atomic E-state index is 0.0302. The summed E-state index contributed by atoms with van der Waals surface area (Å²) in [4.78, 5) is 11.7. The molecule has 1 atom stereocenters. The summed E-state index contributed by atoms with van der Waals surface area (Å²) in [6.45, 7) is 8.88. The zero-order chi connectivity index (χ0) is 18.3. The highest BCUT2D eigenvalue weighted by Crippen LogP contribution is 2.12. The van der Waals surface area contributed by atoms with Crippen LogP contribution in [0.5, 0.6) is 0 Å². The van der Waals surface area contributed by atoms with Crippen LogP contribution in [-0.2, 0) is 9.53 Å². The van der Waals surface area contributed by atoms with Crippen molar-refractivity contribution in [1.29, 1.82) is 0 Å². The standard InChI is InChI=1S/C21H44NO2/c1-6-8-9-10-11-12-13-14-15-16-17-22(4,5)18-19-24-21(23)20(3)7-2/h20H,6-19H2,1-5H3/q+1. The van der Waals surface area contributed by atoms with Crippen LogP contribution in [0.2, 0.25) is 0 Å². The Morgan fingerprint density at radius 1 is 0.833 bits per heavy atom. The number of quaternary nitrogens is 1. The van der Waals surface area contributed by atoms with E-state index in [1.54, 1.807) is 0 Å². The maximum atomic E-state index is 11.7. The van der Waals surface area contributed by atoms with Crippen molar-refractivity contribution in [2.24, 2.45) is 5.92 Å². The van der Waals surface area contributed by atoms with E-state index in [1.165, 1.54) is 70.8 Å². The lowest BCUT2D eigenvalue weighted by atomic mass is 10.1. The van der Waals surface area contributed by atoms with Gasteiger partial charge >= 0.3 is 5.97 Å². The van der Waals surface area contributed by atoms with Gasteiger partial charge in [-0.05, 0) is 19.3 Å². The first-order valence-electron chi connectivity index (χ1n) is 10.4. The van der Waals surface area contributed by atoms with E-state index < -0.39 is 0 Å². The van der Waals surface area contributed by atoms with E-state index in [0.717, 1.165) is 17.4 Å². The molecule has 0 rings (SSSR count). The fourth-order valence-corrected chi connectivity index (χ4v) is 2.84. The zero-order valence-corrected chi connectivity index (χ0v) is 17.2. The molecule has 24 heavy (non-hydrogen) atoms. The molecule has 1 unspecified atom stereocenters. The number of hydrogen-bond acceptors (Lipinski definition) is 2. The van der Waals surface area contributed by atoms with Crippen molar-refractivity contribution in [3.8, 4) is 0 Å². The Labute approximate surface area is 151 Å². The van der Waals surface area contributed by atoms with E-state index in [-0.39, 0.29) is 11.9 Å². The summed E-state index contributed by atoms with van der Waals surface area (Å²) < 4.78 is 6.32. The predicted molar refractivity (Wildman–Crippen MR) is 104 cm³/mol. The first kappa shape index (κ1) is 23.4. The van der Waals surface area contributed by atoms with E-state index in [4.69, 9.17) is 4.74 Å². The van der Waals surface area contributed by atoms with Gasteiger partial charge < -0.3 is 9.22 Å². The van der Waals surface area contributed by atoms with Crippen LogP contribution in [0.4, 0.5) is 0 Å². The van der Waals surface area contributed by atoms with E-state index in [1.807, 2.05) is 13.8 Å². The molecule has 0 aliphatic rings. The molecule has 0 saturated heterocycles. The Bertz CT molecular complexity index is 302. The van der Waals surface area contributed by atoms with Crippen LogP contribution >= 0.6 is 0 Å². The van der Waals surface area contributed by atoms with E-state index in [2.05, 4.69) is 21.0 Å². The molecule has 0 heterocycles. The van der Waals surface area contributed by atoms with E-state index in [0.29, 0.717) is 6.61 Å². The Kier molecular flexibility index (Phi) is 14.4. The molecule has 0 N–H and O–H groups in total. The van der Waals surface area contributed by atoms with Crippen molar-refractivity contribution < 1.29 is 14.0 Å². The largest absolute Gasteiger partial charge is 0.459 e. The van der Waals surface area contributed by atoms with Crippen molar-refractivity contribution in [1.82, 2.24) is 0 Å². The van der Waals surface area contributed by atoms with Gasteiger partial charge in [-0.25, -0.2) is 0 Å². The second-order valence-corrected chi connectivity index (χ2v) is 8.04. The topological polar surface area (TPSA) is 26.3 Å². The monoisotopic (exact) mass is 342 g/mol. The van der Waals surface area contributed by atoms with Crippen LogP contribution in [-0.4, -0.2) is 44.2 Å². The highest BCUT2D eigenvalue weighted by atomic mass is 16.5. The first-order valence-corrected chi connectivity index (χ1v) is 10.4. The third-order valence-corrected chi connectivity index (χ3v) is 5.07. The van der Waals surface area contributed by atoms with Gasteiger partial charge in [-0.1, -0.05) is 72.1 Å². The maximum Gasteiger partial charge on any atom is 0.308 e. The van der Waals surface area contributed by atoms with Crippen LogP contribution in [0.3, 0.4) is 0 Å². The number of nitrogens with zero attached hydrogens (tertiary/aromatic N) is 1. The van der Waals surface area contributed by atoms with Crippen LogP contribution in [0.25, 0.3) is 0 Å². The third kappa shape index (κ3) is 13.8. The highest BCUT2D eigenvalue weighted by molar-refractivity contribution is 5.71. The van der Waals surface area contributed by atoms with Crippen LogP contribution < -0.4 is 0 Å². The molecule has 0 spiro atoms. The molecular formula is C21H44NO2+. The van der Waals surface area contributed by atoms with Gasteiger partial charge in [0.1, 0.15) is 13.2 Å². The average molecular weight is 343 g/mol. The van der Waals surface area contributed by atoms with Gasteiger partial charge in [0.25, 0.3) is 0 Å². The normalized spacial score (nSPS) is 13.0. The SMILES string of the molecule is CCCCCCCCCCCC[N+](C)(C)CCOC(=O)C(C)CC. The van der Waals surface area contributed by atoms with Gasteiger partial charge in [0.2, 0.25) is 0 Å². The lowest BCUT2D eigenvalue weighted by molar-refractivity contribution is -0.890.